The minimum Gasteiger partial charge on any atom is -0.456 e. The van der Waals surface area contributed by atoms with Crippen molar-refractivity contribution >= 4 is 22.8 Å². The predicted octanol–water partition coefficient (Wildman–Crippen LogP) is 3.03. The van der Waals surface area contributed by atoms with Gasteiger partial charge >= 0.3 is 0 Å². The Hall–Kier alpha value is -3.90. The van der Waals surface area contributed by atoms with Crippen LogP contribution < -0.4 is 4.74 Å². The second-order valence-electron chi connectivity index (χ2n) is 8.96. The summed E-state index contributed by atoms with van der Waals surface area (Å²) < 4.78 is 17.2. The molecular formula is C25H20ClN7O4. The Kier molecular flexibility index (Phi) is 5.36. The molecule has 0 amide bonds. The van der Waals surface area contributed by atoms with E-state index >= 15 is 0 Å². The van der Waals surface area contributed by atoms with Crippen molar-refractivity contribution in [3.63, 3.8) is 0 Å². The average molecular weight is 518 g/mol. The van der Waals surface area contributed by atoms with E-state index in [-0.39, 0.29) is 24.9 Å². The molecule has 2 aliphatic rings. The zero-order chi connectivity index (χ0) is 24.9. The molecule has 0 spiro atoms. The van der Waals surface area contributed by atoms with Crippen LogP contribution in [0.3, 0.4) is 0 Å². The molecule has 5 heterocycles. The van der Waals surface area contributed by atoms with Crippen LogP contribution in [0.5, 0.6) is 6.01 Å². The van der Waals surface area contributed by atoms with Crippen LogP contribution >= 0.6 is 11.6 Å². The maximum Gasteiger partial charge on any atom is 0.296 e. The van der Waals surface area contributed by atoms with Crippen molar-refractivity contribution in [3.05, 3.63) is 59.6 Å². The molecule has 2 aliphatic heterocycles. The lowest BCUT2D eigenvalue weighted by molar-refractivity contribution is 0.00706. The first-order valence-corrected chi connectivity index (χ1v) is 12.1. The van der Waals surface area contributed by atoms with E-state index in [1.54, 1.807) is 6.07 Å². The summed E-state index contributed by atoms with van der Waals surface area (Å²) in [5.74, 6) is 0.622. The first kappa shape index (κ1) is 22.3. The molecule has 11 nitrogen and oxygen atoms in total. The van der Waals surface area contributed by atoms with Gasteiger partial charge in [0, 0.05) is 11.1 Å². The fraction of sp³-hybridized carbons (Fsp3) is 0.240. The molecule has 4 atom stereocenters. The van der Waals surface area contributed by atoms with Gasteiger partial charge in [-0.1, -0.05) is 60.1 Å². The Morgan fingerprint density at radius 3 is 2.32 bits per heavy atom. The second-order valence-corrected chi connectivity index (χ2v) is 9.36. The number of fused-ring (bicyclic) bond motifs is 2. The molecule has 0 bridgehead atoms. The van der Waals surface area contributed by atoms with Gasteiger partial charge in [0.1, 0.15) is 18.3 Å². The number of nitrogens with zero attached hydrogens (tertiary/aromatic N) is 5. The number of hydrogen-bond acceptors (Lipinski definition) is 9. The summed E-state index contributed by atoms with van der Waals surface area (Å²) in [6.07, 6.45) is -1.71. The van der Waals surface area contributed by atoms with Crippen molar-refractivity contribution in [1.82, 2.24) is 35.6 Å². The summed E-state index contributed by atoms with van der Waals surface area (Å²) in [7, 11) is 0. The van der Waals surface area contributed by atoms with E-state index in [1.807, 2.05) is 48.5 Å². The number of aromatic amines is 2. The van der Waals surface area contributed by atoms with Gasteiger partial charge in [-0.15, -0.1) is 5.10 Å². The quantitative estimate of drug-likeness (QED) is 0.320. The summed E-state index contributed by atoms with van der Waals surface area (Å²) in [5.41, 5.74) is 5.65. The number of halogens is 1. The lowest BCUT2D eigenvalue weighted by Gasteiger charge is -2.15. The van der Waals surface area contributed by atoms with Gasteiger partial charge in [-0.05, 0) is 27.6 Å². The molecule has 3 N–H and O–H groups in total. The van der Waals surface area contributed by atoms with Crippen LogP contribution in [0.1, 0.15) is 0 Å². The number of pyridine rings is 1. The van der Waals surface area contributed by atoms with Gasteiger partial charge in [-0.2, -0.15) is 4.98 Å². The first-order valence-electron chi connectivity index (χ1n) is 11.7. The van der Waals surface area contributed by atoms with Gasteiger partial charge in [-0.3, -0.25) is 0 Å². The Labute approximate surface area is 214 Å². The molecule has 7 rings (SSSR count). The highest BCUT2D eigenvalue weighted by molar-refractivity contribution is 6.33. The van der Waals surface area contributed by atoms with E-state index in [1.165, 1.54) is 0 Å². The number of nitrogens with one attached hydrogen (secondary N) is 2. The zero-order valence-electron chi connectivity index (χ0n) is 19.2. The molecule has 186 valence electrons. The number of aliphatic hydroxyl groups excluding tert-OH is 1. The SMILES string of the molecule is O[C@@H]1CO[C@@H]2C(Oc3nc4nc(-c5ccc(-c6ccc(-c7nnn[nH]7)cc6)cc5)c(Cl)cc4[nH]3)CO[C@H]12. The van der Waals surface area contributed by atoms with Crippen LogP contribution in [0, 0.1) is 0 Å². The molecule has 0 saturated carbocycles. The van der Waals surface area contributed by atoms with E-state index in [2.05, 4.69) is 35.6 Å². The predicted molar refractivity (Wildman–Crippen MR) is 133 cm³/mol. The third-order valence-corrected chi connectivity index (χ3v) is 6.93. The maximum absolute atomic E-state index is 9.93. The number of imidazole rings is 1. The molecule has 0 radical (unpaired) electrons. The third-order valence-electron chi connectivity index (χ3n) is 6.65. The Balaban J connectivity index is 1.11. The highest BCUT2D eigenvalue weighted by Gasteiger charge is 2.48. The topological polar surface area (TPSA) is 144 Å². The number of H-pyrrole nitrogens is 2. The van der Waals surface area contributed by atoms with Crippen molar-refractivity contribution in [3.8, 4) is 39.8 Å². The van der Waals surface area contributed by atoms with Crippen LogP contribution in [-0.2, 0) is 9.47 Å². The van der Waals surface area contributed by atoms with Gasteiger partial charge < -0.3 is 24.3 Å². The van der Waals surface area contributed by atoms with Crippen molar-refractivity contribution < 1.29 is 19.3 Å². The highest BCUT2D eigenvalue weighted by Crippen LogP contribution is 2.33. The summed E-state index contributed by atoms with van der Waals surface area (Å²) in [4.78, 5) is 12.3. The fourth-order valence-electron chi connectivity index (χ4n) is 4.76. The number of ether oxygens (including phenoxy) is 3. The summed E-state index contributed by atoms with van der Waals surface area (Å²) >= 11 is 6.59. The van der Waals surface area contributed by atoms with Crippen LogP contribution in [0.2, 0.25) is 5.02 Å². The lowest BCUT2D eigenvalue weighted by atomic mass is 10.0. The van der Waals surface area contributed by atoms with Crippen LogP contribution in [-0.4, -0.2) is 78.3 Å². The smallest absolute Gasteiger partial charge is 0.296 e. The average Bonchev–Trinajstić information content (AvgIpc) is 3.71. The maximum atomic E-state index is 9.93. The van der Waals surface area contributed by atoms with E-state index in [9.17, 15) is 5.11 Å². The van der Waals surface area contributed by atoms with Gasteiger partial charge in [0.25, 0.3) is 6.01 Å². The molecule has 5 aromatic rings. The summed E-state index contributed by atoms with van der Waals surface area (Å²) in [6, 6.07) is 18.1. The molecule has 0 aliphatic carbocycles. The highest BCUT2D eigenvalue weighted by atomic mass is 35.5. The number of benzene rings is 2. The van der Waals surface area contributed by atoms with Crippen molar-refractivity contribution in [2.45, 2.75) is 24.4 Å². The van der Waals surface area contributed by atoms with Crippen molar-refractivity contribution in [2.24, 2.45) is 0 Å². The van der Waals surface area contributed by atoms with E-state index in [0.29, 0.717) is 40.3 Å². The molecule has 37 heavy (non-hydrogen) atoms. The van der Waals surface area contributed by atoms with Crippen LogP contribution in [0.25, 0.3) is 44.9 Å². The fourth-order valence-corrected chi connectivity index (χ4v) is 5.03. The molecule has 2 aromatic carbocycles. The standard InChI is InChI=1S/C25H20ClN7O4/c26-16-9-17-24(29-25(27-17)37-19-11-36-21-18(34)10-35-22(19)21)28-20(16)14-5-1-12(2-6-14)13-3-7-15(8-4-13)23-30-32-33-31-23/h1-9,18-19,21-22,34H,10-11H2,(H,27,28,29)(H,30,31,32,33)/t18-,19?,21-,22-/m1/s1. The first-order chi connectivity index (χ1) is 18.1. The number of aliphatic hydroxyl groups is 1. The second kappa shape index (κ2) is 8.89. The number of hydrogen-bond donors (Lipinski definition) is 3. The lowest BCUT2D eigenvalue weighted by Crippen LogP contribution is -2.34. The van der Waals surface area contributed by atoms with Crippen molar-refractivity contribution in [1.29, 1.82) is 0 Å². The number of tetrazole rings is 1. The van der Waals surface area contributed by atoms with Crippen LogP contribution in [0.15, 0.2) is 54.6 Å². The summed E-state index contributed by atoms with van der Waals surface area (Å²) in [5, 5.41) is 24.3. The van der Waals surface area contributed by atoms with Gasteiger partial charge in [-0.25, -0.2) is 10.1 Å². The molecule has 2 saturated heterocycles. The van der Waals surface area contributed by atoms with Crippen LogP contribution in [0.4, 0.5) is 0 Å². The largest absolute Gasteiger partial charge is 0.456 e. The normalized spacial score (nSPS) is 23.0. The van der Waals surface area contributed by atoms with E-state index in [4.69, 9.17) is 25.8 Å². The Morgan fingerprint density at radius 2 is 1.59 bits per heavy atom. The van der Waals surface area contributed by atoms with Gasteiger partial charge in [0.05, 0.1) is 29.4 Å². The number of rotatable bonds is 5. The molecule has 12 heteroatoms. The van der Waals surface area contributed by atoms with Gasteiger partial charge in [0.15, 0.2) is 17.6 Å². The van der Waals surface area contributed by atoms with Crippen molar-refractivity contribution in [2.75, 3.05) is 13.2 Å². The Bertz CT molecular complexity index is 1560. The minimum absolute atomic E-state index is 0.236. The van der Waals surface area contributed by atoms with E-state index in [0.717, 1.165) is 22.3 Å². The monoisotopic (exact) mass is 517 g/mol. The van der Waals surface area contributed by atoms with Gasteiger partial charge in [0.2, 0.25) is 0 Å². The third kappa shape index (κ3) is 4.02. The minimum atomic E-state index is -0.639. The van der Waals surface area contributed by atoms with E-state index < -0.39 is 6.10 Å². The molecule has 2 fully saturated rings. The molecule has 3 aromatic heterocycles. The number of aromatic nitrogens is 7. The molecule has 1 unspecified atom stereocenters. The Morgan fingerprint density at radius 1 is 0.892 bits per heavy atom. The molecular weight excluding hydrogens is 498 g/mol. The zero-order valence-corrected chi connectivity index (χ0v) is 20.0. The summed E-state index contributed by atoms with van der Waals surface area (Å²) in [6.45, 7) is 0.551.